The van der Waals surface area contributed by atoms with E-state index in [9.17, 15) is 0 Å². The van der Waals surface area contributed by atoms with Gasteiger partial charge in [-0.25, -0.2) is 0 Å². The van der Waals surface area contributed by atoms with Crippen LogP contribution in [0.5, 0.6) is 0 Å². The summed E-state index contributed by atoms with van der Waals surface area (Å²) in [6, 6.07) is 0. The van der Waals surface area contributed by atoms with Crippen LogP contribution in [0.1, 0.15) is 6.42 Å². The van der Waals surface area contributed by atoms with Gasteiger partial charge in [0.2, 0.25) is 0 Å². The molecule has 1 aliphatic heterocycles. The van der Waals surface area contributed by atoms with Gasteiger partial charge in [-0.15, -0.1) is 0 Å². The van der Waals surface area contributed by atoms with E-state index in [1.165, 1.54) is 0 Å². The maximum atomic E-state index is 3.79. The molecular weight excluding hydrogens is 156 g/mol. The SMILES string of the molecule is BrCC1=NN=CC1. The lowest BCUT2D eigenvalue weighted by molar-refractivity contribution is 1.28. The van der Waals surface area contributed by atoms with Gasteiger partial charge in [0, 0.05) is 18.0 Å². The first kappa shape index (κ1) is 4.97. The van der Waals surface area contributed by atoms with Gasteiger partial charge in [-0.05, 0) is 0 Å². The number of halogens is 1. The van der Waals surface area contributed by atoms with E-state index in [0.29, 0.717) is 0 Å². The average Bonchev–Trinajstić information content (AvgIpc) is 2.14. The molecule has 0 aromatic rings. The minimum absolute atomic E-state index is 0.854. The number of hydrogen-bond donors (Lipinski definition) is 0. The lowest BCUT2D eigenvalue weighted by Crippen LogP contribution is -1.93. The molecule has 0 bridgehead atoms. The summed E-state index contributed by atoms with van der Waals surface area (Å²) < 4.78 is 0. The second-order valence-corrected chi connectivity index (χ2v) is 1.86. The molecule has 2 nitrogen and oxygen atoms in total. The topological polar surface area (TPSA) is 24.7 Å². The van der Waals surface area contributed by atoms with Gasteiger partial charge in [-0.1, -0.05) is 15.9 Å². The Hall–Kier alpha value is -0.180. The molecule has 1 rings (SSSR count). The molecule has 0 saturated heterocycles. The van der Waals surface area contributed by atoms with Gasteiger partial charge < -0.3 is 0 Å². The van der Waals surface area contributed by atoms with Gasteiger partial charge in [0.25, 0.3) is 0 Å². The minimum atomic E-state index is 0.854. The number of alkyl halides is 1. The molecule has 0 atom stereocenters. The standard InChI is InChI=1S/C4H5BrN2/c5-3-4-1-2-6-7-4/h2H,1,3H2. The highest BCUT2D eigenvalue weighted by atomic mass is 79.9. The van der Waals surface area contributed by atoms with Crippen molar-refractivity contribution in [3.05, 3.63) is 0 Å². The Kier molecular flexibility index (Phi) is 1.57. The Morgan fingerprint density at radius 1 is 1.86 bits per heavy atom. The van der Waals surface area contributed by atoms with E-state index < -0.39 is 0 Å². The second kappa shape index (κ2) is 2.21. The van der Waals surface area contributed by atoms with Crippen LogP contribution >= 0.6 is 15.9 Å². The van der Waals surface area contributed by atoms with Crippen molar-refractivity contribution in [3.63, 3.8) is 0 Å². The highest BCUT2D eigenvalue weighted by molar-refractivity contribution is 9.09. The van der Waals surface area contributed by atoms with Crippen LogP contribution in [0.2, 0.25) is 0 Å². The van der Waals surface area contributed by atoms with Gasteiger partial charge in [0.15, 0.2) is 0 Å². The molecule has 0 aliphatic carbocycles. The van der Waals surface area contributed by atoms with E-state index in [0.717, 1.165) is 17.5 Å². The van der Waals surface area contributed by atoms with Gasteiger partial charge in [0.1, 0.15) is 0 Å². The summed E-state index contributed by atoms with van der Waals surface area (Å²) in [7, 11) is 0. The summed E-state index contributed by atoms with van der Waals surface area (Å²) in [5, 5.41) is 8.32. The van der Waals surface area contributed by atoms with Crippen molar-refractivity contribution < 1.29 is 0 Å². The van der Waals surface area contributed by atoms with Crippen LogP contribution in [-0.2, 0) is 0 Å². The van der Waals surface area contributed by atoms with E-state index in [4.69, 9.17) is 0 Å². The second-order valence-electron chi connectivity index (χ2n) is 1.30. The third-order valence-corrected chi connectivity index (χ3v) is 1.41. The monoisotopic (exact) mass is 160 g/mol. The van der Waals surface area contributed by atoms with Crippen molar-refractivity contribution in [1.82, 2.24) is 0 Å². The average molecular weight is 161 g/mol. The molecule has 0 N–H and O–H groups in total. The van der Waals surface area contributed by atoms with Crippen molar-refractivity contribution in [2.45, 2.75) is 6.42 Å². The van der Waals surface area contributed by atoms with E-state index in [2.05, 4.69) is 26.1 Å². The van der Waals surface area contributed by atoms with Crippen LogP contribution < -0.4 is 0 Å². The minimum Gasteiger partial charge on any atom is -0.163 e. The van der Waals surface area contributed by atoms with Gasteiger partial charge >= 0.3 is 0 Å². The van der Waals surface area contributed by atoms with Crippen molar-refractivity contribution in [2.75, 3.05) is 5.33 Å². The molecule has 0 saturated carbocycles. The third kappa shape index (κ3) is 1.09. The van der Waals surface area contributed by atoms with Gasteiger partial charge in [-0.2, -0.15) is 10.2 Å². The highest BCUT2D eigenvalue weighted by Crippen LogP contribution is 1.96. The molecule has 0 aromatic carbocycles. The van der Waals surface area contributed by atoms with E-state index >= 15 is 0 Å². The lowest BCUT2D eigenvalue weighted by atomic mass is 10.3. The molecule has 0 radical (unpaired) electrons. The maximum absolute atomic E-state index is 3.79. The Bertz CT molecular complexity index is 117. The normalized spacial score (nSPS) is 17.6. The molecule has 1 aliphatic rings. The van der Waals surface area contributed by atoms with E-state index in [1.54, 1.807) is 6.21 Å². The quantitative estimate of drug-likeness (QED) is 0.516. The zero-order valence-corrected chi connectivity index (χ0v) is 5.35. The summed E-state index contributed by atoms with van der Waals surface area (Å²) in [6.45, 7) is 0. The molecule has 3 heteroatoms. The van der Waals surface area contributed by atoms with E-state index in [1.807, 2.05) is 0 Å². The van der Waals surface area contributed by atoms with Crippen molar-refractivity contribution in [3.8, 4) is 0 Å². The molecule has 0 fully saturated rings. The fourth-order valence-corrected chi connectivity index (χ4v) is 0.732. The summed E-state index contributed by atoms with van der Waals surface area (Å²) in [5.74, 6) is 0. The Labute approximate surface area is 50.5 Å². The largest absolute Gasteiger partial charge is 0.163 e. The van der Waals surface area contributed by atoms with Crippen molar-refractivity contribution in [1.29, 1.82) is 0 Å². The van der Waals surface area contributed by atoms with Gasteiger partial charge in [-0.3, -0.25) is 0 Å². The molecule has 0 amide bonds. The molecule has 1 heterocycles. The zero-order chi connectivity index (χ0) is 5.11. The summed E-state index contributed by atoms with van der Waals surface area (Å²) in [5.41, 5.74) is 1.11. The molecule has 7 heavy (non-hydrogen) atoms. The van der Waals surface area contributed by atoms with Gasteiger partial charge in [0.05, 0.1) is 5.71 Å². The van der Waals surface area contributed by atoms with Crippen LogP contribution in [-0.4, -0.2) is 17.3 Å². The number of rotatable bonds is 1. The first-order chi connectivity index (χ1) is 3.43. The molecule has 38 valence electrons. The molecule has 0 spiro atoms. The summed E-state index contributed by atoms with van der Waals surface area (Å²) in [6.07, 6.45) is 2.72. The van der Waals surface area contributed by atoms with Crippen molar-refractivity contribution in [2.24, 2.45) is 10.2 Å². The van der Waals surface area contributed by atoms with Crippen LogP contribution in [0.25, 0.3) is 0 Å². The zero-order valence-electron chi connectivity index (χ0n) is 3.76. The summed E-state index contributed by atoms with van der Waals surface area (Å²) >= 11 is 3.27. The predicted octanol–water partition coefficient (Wildman–Crippen LogP) is 1.21. The molecule has 0 unspecified atom stereocenters. The van der Waals surface area contributed by atoms with Crippen LogP contribution in [0.3, 0.4) is 0 Å². The maximum Gasteiger partial charge on any atom is 0.0564 e. The first-order valence-corrected chi connectivity index (χ1v) is 3.19. The lowest BCUT2D eigenvalue weighted by Gasteiger charge is -1.82. The Morgan fingerprint density at radius 2 is 2.71 bits per heavy atom. The first-order valence-electron chi connectivity index (χ1n) is 2.06. The van der Waals surface area contributed by atoms with E-state index in [-0.39, 0.29) is 0 Å². The summed E-state index contributed by atoms with van der Waals surface area (Å²) in [4.78, 5) is 0. The molecule has 0 aromatic heterocycles. The fraction of sp³-hybridized carbons (Fsp3) is 0.500. The Balaban J connectivity index is 2.45. The number of nitrogens with zero attached hydrogens (tertiary/aromatic N) is 2. The van der Waals surface area contributed by atoms with Crippen LogP contribution in [0.15, 0.2) is 10.2 Å². The number of hydrogen-bond acceptors (Lipinski definition) is 2. The third-order valence-electron chi connectivity index (χ3n) is 0.762. The Morgan fingerprint density at radius 3 is 3.00 bits per heavy atom. The molecular formula is C4H5BrN2. The van der Waals surface area contributed by atoms with Crippen LogP contribution in [0.4, 0.5) is 0 Å². The van der Waals surface area contributed by atoms with Crippen molar-refractivity contribution >= 4 is 27.9 Å². The smallest absolute Gasteiger partial charge is 0.0564 e. The highest BCUT2D eigenvalue weighted by Gasteiger charge is 1.97. The fourth-order valence-electron chi connectivity index (χ4n) is 0.391. The van der Waals surface area contributed by atoms with Crippen LogP contribution in [0, 0.1) is 0 Å². The predicted molar refractivity (Wildman–Crippen MR) is 34.3 cm³/mol.